The Balaban J connectivity index is 0.00000208. The minimum Gasteiger partial charge on any atom is -0.497 e. The van der Waals surface area contributed by atoms with E-state index in [1.807, 2.05) is 36.4 Å². The van der Waals surface area contributed by atoms with Crippen LogP contribution in [0.4, 0.5) is 10.1 Å². The number of guanidine groups is 1. The molecule has 24 heavy (non-hydrogen) atoms. The van der Waals surface area contributed by atoms with Crippen LogP contribution in [0.1, 0.15) is 24.3 Å². The predicted octanol–water partition coefficient (Wildman–Crippen LogP) is 4.13. The molecule has 0 spiro atoms. The normalized spacial score (nSPS) is 19.8. The zero-order chi connectivity index (χ0) is 16.2. The van der Waals surface area contributed by atoms with E-state index in [9.17, 15) is 4.39 Å². The highest BCUT2D eigenvalue weighted by Crippen LogP contribution is 2.38. The molecule has 0 bridgehead atoms. The van der Waals surface area contributed by atoms with Crippen LogP contribution < -0.4 is 15.8 Å². The standard InChI is InChI=1S/C18H20FN3O.HI/c1-23-17-8-6-15(7-9-17)21-18(20)22-16-10-13(11-16)12-2-4-14(19)5-3-12;/h2-9,13,16H,10-11H2,1H3,(H3,20,21,22);1H. The summed E-state index contributed by atoms with van der Waals surface area (Å²) in [5, 5.41) is 3.08. The Labute approximate surface area is 158 Å². The summed E-state index contributed by atoms with van der Waals surface area (Å²) in [6.45, 7) is 0. The SMILES string of the molecule is COc1ccc(NC(N)=NC2CC(c3ccc(F)cc3)C2)cc1.I. The van der Waals surface area contributed by atoms with E-state index >= 15 is 0 Å². The number of halogens is 2. The lowest BCUT2D eigenvalue weighted by Crippen LogP contribution is -2.31. The maximum atomic E-state index is 12.9. The number of hydrogen-bond donors (Lipinski definition) is 2. The fourth-order valence-corrected chi connectivity index (χ4v) is 2.75. The monoisotopic (exact) mass is 441 g/mol. The zero-order valence-corrected chi connectivity index (χ0v) is 15.7. The van der Waals surface area contributed by atoms with Crippen LogP contribution in [-0.2, 0) is 0 Å². The third-order valence-corrected chi connectivity index (χ3v) is 4.14. The van der Waals surface area contributed by atoms with E-state index in [0.717, 1.165) is 24.3 Å². The molecule has 4 nitrogen and oxygen atoms in total. The maximum Gasteiger partial charge on any atom is 0.193 e. The van der Waals surface area contributed by atoms with Crippen molar-refractivity contribution in [1.82, 2.24) is 0 Å². The number of ether oxygens (including phenoxy) is 1. The third kappa shape index (κ3) is 4.59. The van der Waals surface area contributed by atoms with E-state index in [0.29, 0.717) is 11.9 Å². The second-order valence-electron chi connectivity index (χ2n) is 5.74. The molecule has 0 aromatic heterocycles. The average Bonchev–Trinajstić information content (AvgIpc) is 2.52. The molecule has 0 aliphatic heterocycles. The maximum absolute atomic E-state index is 12.9. The molecule has 0 atom stereocenters. The first-order valence-electron chi connectivity index (χ1n) is 7.64. The number of nitrogens with zero attached hydrogens (tertiary/aromatic N) is 1. The minimum atomic E-state index is -0.199. The van der Waals surface area contributed by atoms with Crippen molar-refractivity contribution in [2.45, 2.75) is 24.8 Å². The number of anilines is 1. The van der Waals surface area contributed by atoms with Gasteiger partial charge in [0.05, 0.1) is 13.2 Å². The molecule has 1 saturated carbocycles. The Morgan fingerprint density at radius 1 is 1.12 bits per heavy atom. The number of hydrogen-bond acceptors (Lipinski definition) is 2. The molecule has 1 aliphatic carbocycles. The van der Waals surface area contributed by atoms with Crippen LogP contribution in [-0.4, -0.2) is 19.1 Å². The van der Waals surface area contributed by atoms with Gasteiger partial charge in [-0.3, -0.25) is 0 Å². The van der Waals surface area contributed by atoms with Crippen LogP contribution in [0, 0.1) is 5.82 Å². The van der Waals surface area contributed by atoms with Gasteiger partial charge in [0.2, 0.25) is 0 Å². The highest BCUT2D eigenvalue weighted by molar-refractivity contribution is 14.0. The minimum absolute atomic E-state index is 0. The van der Waals surface area contributed by atoms with Gasteiger partial charge in [-0.05, 0) is 60.7 Å². The van der Waals surface area contributed by atoms with Crippen molar-refractivity contribution >= 4 is 35.6 Å². The van der Waals surface area contributed by atoms with Gasteiger partial charge in [-0.15, -0.1) is 24.0 Å². The molecule has 0 amide bonds. The van der Waals surface area contributed by atoms with Crippen molar-refractivity contribution in [3.63, 3.8) is 0 Å². The molecule has 0 radical (unpaired) electrons. The third-order valence-electron chi connectivity index (χ3n) is 4.14. The van der Waals surface area contributed by atoms with Crippen molar-refractivity contribution in [1.29, 1.82) is 0 Å². The summed E-state index contributed by atoms with van der Waals surface area (Å²) in [7, 11) is 1.63. The van der Waals surface area contributed by atoms with Gasteiger partial charge in [0.25, 0.3) is 0 Å². The smallest absolute Gasteiger partial charge is 0.193 e. The van der Waals surface area contributed by atoms with Crippen LogP contribution >= 0.6 is 24.0 Å². The van der Waals surface area contributed by atoms with Crippen molar-refractivity contribution in [3.8, 4) is 5.75 Å². The van der Waals surface area contributed by atoms with Gasteiger partial charge < -0.3 is 15.8 Å². The molecular weight excluding hydrogens is 420 g/mol. The van der Waals surface area contributed by atoms with E-state index in [4.69, 9.17) is 10.5 Å². The van der Waals surface area contributed by atoms with Gasteiger partial charge in [-0.2, -0.15) is 0 Å². The van der Waals surface area contributed by atoms with Crippen LogP contribution in [0.25, 0.3) is 0 Å². The second-order valence-corrected chi connectivity index (χ2v) is 5.74. The van der Waals surface area contributed by atoms with E-state index in [-0.39, 0.29) is 35.8 Å². The molecule has 0 saturated heterocycles. The van der Waals surface area contributed by atoms with Crippen LogP contribution in [0.3, 0.4) is 0 Å². The molecule has 0 heterocycles. The number of rotatable bonds is 4. The summed E-state index contributed by atoms with van der Waals surface area (Å²) in [5.41, 5.74) is 7.99. The topological polar surface area (TPSA) is 59.6 Å². The first-order valence-corrected chi connectivity index (χ1v) is 7.64. The lowest BCUT2D eigenvalue weighted by Gasteiger charge is -2.33. The summed E-state index contributed by atoms with van der Waals surface area (Å²) >= 11 is 0. The fourth-order valence-electron chi connectivity index (χ4n) is 2.75. The summed E-state index contributed by atoms with van der Waals surface area (Å²) in [6, 6.07) is 14.4. The van der Waals surface area contributed by atoms with Crippen molar-refractivity contribution in [2.75, 3.05) is 12.4 Å². The largest absolute Gasteiger partial charge is 0.497 e. The van der Waals surface area contributed by atoms with Gasteiger partial charge in [0.1, 0.15) is 11.6 Å². The zero-order valence-electron chi connectivity index (χ0n) is 13.4. The molecule has 6 heteroatoms. The Morgan fingerprint density at radius 3 is 2.33 bits per heavy atom. The molecule has 128 valence electrons. The van der Waals surface area contributed by atoms with Crippen molar-refractivity contribution < 1.29 is 9.13 Å². The molecule has 2 aromatic rings. The van der Waals surface area contributed by atoms with Gasteiger partial charge in [-0.25, -0.2) is 9.38 Å². The summed E-state index contributed by atoms with van der Waals surface area (Å²) in [6.07, 6.45) is 1.88. The quantitative estimate of drug-likeness (QED) is 0.426. The fraction of sp³-hybridized carbons (Fsp3) is 0.278. The molecule has 1 aliphatic rings. The van der Waals surface area contributed by atoms with Crippen molar-refractivity contribution in [3.05, 3.63) is 59.9 Å². The Morgan fingerprint density at radius 2 is 1.75 bits per heavy atom. The predicted molar refractivity (Wildman–Crippen MR) is 106 cm³/mol. The van der Waals surface area contributed by atoms with Crippen LogP contribution in [0.15, 0.2) is 53.5 Å². The lowest BCUT2D eigenvalue weighted by molar-refractivity contribution is 0.353. The van der Waals surface area contributed by atoms with E-state index in [1.165, 1.54) is 17.7 Å². The van der Waals surface area contributed by atoms with Crippen LogP contribution in [0.2, 0.25) is 0 Å². The lowest BCUT2D eigenvalue weighted by atomic mass is 9.76. The number of benzene rings is 2. The summed E-state index contributed by atoms with van der Waals surface area (Å²) in [4.78, 5) is 4.49. The highest BCUT2D eigenvalue weighted by Gasteiger charge is 2.30. The first-order chi connectivity index (χ1) is 11.1. The molecule has 3 rings (SSSR count). The van der Waals surface area contributed by atoms with E-state index in [1.54, 1.807) is 7.11 Å². The van der Waals surface area contributed by atoms with Gasteiger partial charge >= 0.3 is 0 Å². The van der Waals surface area contributed by atoms with Crippen molar-refractivity contribution in [2.24, 2.45) is 10.7 Å². The second kappa shape index (κ2) is 8.32. The number of nitrogens with two attached hydrogens (primary N) is 1. The van der Waals surface area contributed by atoms with Gasteiger partial charge in [0, 0.05) is 5.69 Å². The molecule has 0 unspecified atom stereocenters. The highest BCUT2D eigenvalue weighted by atomic mass is 127. The van der Waals surface area contributed by atoms with Gasteiger partial charge in [-0.1, -0.05) is 12.1 Å². The van der Waals surface area contributed by atoms with Gasteiger partial charge in [0.15, 0.2) is 5.96 Å². The Bertz CT molecular complexity index is 682. The number of methoxy groups -OCH3 is 1. The molecule has 1 fully saturated rings. The molecule has 3 N–H and O–H groups in total. The molecule has 2 aromatic carbocycles. The summed E-state index contributed by atoms with van der Waals surface area (Å²) in [5.74, 6) is 1.46. The Hall–Kier alpha value is -1.83. The van der Waals surface area contributed by atoms with Crippen LogP contribution in [0.5, 0.6) is 5.75 Å². The average molecular weight is 441 g/mol. The summed E-state index contributed by atoms with van der Waals surface area (Å²) < 4.78 is 18.0. The Kier molecular flexibility index (Phi) is 6.42. The molecular formula is C18H21FIN3O. The number of aliphatic imine (C=N–C) groups is 1. The van der Waals surface area contributed by atoms with E-state index in [2.05, 4.69) is 10.3 Å². The van der Waals surface area contributed by atoms with E-state index < -0.39 is 0 Å². The number of nitrogens with one attached hydrogen (secondary N) is 1. The first kappa shape index (κ1) is 18.5.